The normalized spacial score (nSPS) is 13.2. The van der Waals surface area contributed by atoms with Crippen LogP contribution < -0.4 is 0 Å². The zero-order chi connectivity index (χ0) is 16.5. The number of hydrogen-bond acceptors (Lipinski definition) is 3. The van der Waals surface area contributed by atoms with Crippen LogP contribution in [0, 0.1) is 0 Å². The summed E-state index contributed by atoms with van der Waals surface area (Å²) in [5.74, 6) is -0.708. The number of carbonyl (C=O) groups is 1. The molecule has 22 heavy (non-hydrogen) atoms. The molecule has 4 heteroatoms. The minimum Gasteiger partial charge on any atom is -0.481 e. The van der Waals surface area contributed by atoms with Crippen molar-refractivity contribution in [3.8, 4) is 0 Å². The average Bonchev–Trinajstić information content (AvgIpc) is 2.50. The van der Waals surface area contributed by atoms with Gasteiger partial charge in [-0.25, -0.2) is 4.89 Å². The highest BCUT2D eigenvalue weighted by molar-refractivity contribution is 5.66. The molecule has 0 aliphatic carbocycles. The fraction of sp³-hybridized carbons (Fsp3) is 0.722. The van der Waals surface area contributed by atoms with Gasteiger partial charge in [0.15, 0.2) is 0 Å². The summed E-state index contributed by atoms with van der Waals surface area (Å²) in [5, 5.41) is 17.3. The number of unbranched alkanes of at least 4 members (excludes halogenated alkanes) is 8. The second-order valence-electron chi connectivity index (χ2n) is 5.62. The van der Waals surface area contributed by atoms with Crippen LogP contribution in [0.4, 0.5) is 0 Å². The van der Waals surface area contributed by atoms with E-state index in [0.29, 0.717) is 0 Å². The van der Waals surface area contributed by atoms with Gasteiger partial charge in [-0.1, -0.05) is 63.3 Å². The van der Waals surface area contributed by atoms with Crippen molar-refractivity contribution in [1.29, 1.82) is 0 Å². The van der Waals surface area contributed by atoms with E-state index in [9.17, 15) is 4.79 Å². The first-order chi connectivity index (χ1) is 10.7. The van der Waals surface area contributed by atoms with Crippen molar-refractivity contribution in [2.75, 3.05) is 0 Å². The largest absolute Gasteiger partial charge is 0.481 e. The van der Waals surface area contributed by atoms with Crippen LogP contribution in [0.25, 0.3) is 0 Å². The monoisotopic (exact) mass is 312 g/mol. The van der Waals surface area contributed by atoms with Crippen LogP contribution in [0.1, 0.15) is 77.6 Å². The molecule has 0 aromatic carbocycles. The molecule has 0 rings (SSSR count). The Bertz CT molecular complexity index is 310. The van der Waals surface area contributed by atoms with E-state index < -0.39 is 5.97 Å². The van der Waals surface area contributed by atoms with Crippen LogP contribution >= 0.6 is 0 Å². The van der Waals surface area contributed by atoms with Gasteiger partial charge in [-0.05, 0) is 32.1 Å². The van der Waals surface area contributed by atoms with Crippen molar-refractivity contribution in [3.63, 3.8) is 0 Å². The van der Waals surface area contributed by atoms with E-state index in [1.165, 1.54) is 19.3 Å². The summed E-state index contributed by atoms with van der Waals surface area (Å²) in [5.41, 5.74) is 0. The third-order valence-electron chi connectivity index (χ3n) is 3.51. The van der Waals surface area contributed by atoms with Gasteiger partial charge in [-0.3, -0.25) is 10.1 Å². The molecule has 0 aromatic heterocycles. The zero-order valence-corrected chi connectivity index (χ0v) is 13.9. The molecule has 4 nitrogen and oxygen atoms in total. The van der Waals surface area contributed by atoms with Crippen molar-refractivity contribution >= 4 is 5.97 Å². The first-order valence-corrected chi connectivity index (χ1v) is 8.56. The van der Waals surface area contributed by atoms with E-state index in [0.717, 1.165) is 44.9 Å². The highest BCUT2D eigenvalue weighted by Gasteiger charge is 1.98. The van der Waals surface area contributed by atoms with E-state index in [-0.39, 0.29) is 12.5 Å². The molecule has 0 fully saturated rings. The quantitative estimate of drug-likeness (QED) is 0.185. The Morgan fingerprint density at radius 3 is 2.05 bits per heavy atom. The molecule has 0 spiro atoms. The van der Waals surface area contributed by atoms with Crippen molar-refractivity contribution < 1.29 is 20.0 Å². The molecule has 0 aromatic rings. The van der Waals surface area contributed by atoms with E-state index in [4.69, 9.17) is 10.4 Å². The summed E-state index contributed by atoms with van der Waals surface area (Å²) < 4.78 is 0. The van der Waals surface area contributed by atoms with Crippen LogP contribution in [0.15, 0.2) is 24.3 Å². The lowest BCUT2D eigenvalue weighted by Gasteiger charge is -2.03. The molecule has 0 bridgehead atoms. The van der Waals surface area contributed by atoms with Gasteiger partial charge in [0.1, 0.15) is 6.10 Å². The Labute approximate surface area is 134 Å². The van der Waals surface area contributed by atoms with Crippen molar-refractivity contribution in [2.24, 2.45) is 0 Å². The van der Waals surface area contributed by atoms with Crippen LogP contribution in [-0.2, 0) is 9.68 Å². The lowest BCUT2D eigenvalue weighted by atomic mass is 10.1. The highest BCUT2D eigenvalue weighted by Crippen LogP contribution is 2.08. The Morgan fingerprint density at radius 2 is 1.50 bits per heavy atom. The summed E-state index contributed by atoms with van der Waals surface area (Å²) in [7, 11) is 0. The SMILES string of the molecule is CCCCC/C=C\C(/C=C\CCCCCCCC(=O)O)OO. The fourth-order valence-corrected chi connectivity index (χ4v) is 2.18. The molecule has 0 aliphatic heterocycles. The number of carboxylic acid groups (broad SMARTS) is 1. The average molecular weight is 312 g/mol. The van der Waals surface area contributed by atoms with Gasteiger partial charge in [0, 0.05) is 6.42 Å². The molecular weight excluding hydrogens is 280 g/mol. The zero-order valence-electron chi connectivity index (χ0n) is 13.9. The summed E-state index contributed by atoms with van der Waals surface area (Å²) >= 11 is 0. The maximum absolute atomic E-state index is 10.3. The third-order valence-corrected chi connectivity index (χ3v) is 3.51. The van der Waals surface area contributed by atoms with E-state index in [1.54, 1.807) is 0 Å². The fourth-order valence-electron chi connectivity index (χ4n) is 2.18. The predicted octanol–water partition coefficient (Wildman–Crippen LogP) is 5.35. The summed E-state index contributed by atoms with van der Waals surface area (Å²) in [6, 6.07) is 0. The highest BCUT2D eigenvalue weighted by atomic mass is 17.1. The molecule has 1 atom stereocenters. The standard InChI is InChI=1S/C18H32O4/c1-2-3-4-8-11-14-17(22-21)15-12-9-6-5-7-10-13-16-18(19)20/h11-12,14-15,17,21H,2-10,13,16H2,1H3,(H,19,20)/b14-11-,15-12-. The maximum atomic E-state index is 10.3. The molecule has 128 valence electrons. The van der Waals surface area contributed by atoms with E-state index in [1.807, 2.05) is 18.2 Å². The number of aliphatic carboxylic acids is 1. The summed E-state index contributed by atoms with van der Waals surface area (Å²) in [4.78, 5) is 14.8. The van der Waals surface area contributed by atoms with Crippen LogP contribution in [0.2, 0.25) is 0 Å². The van der Waals surface area contributed by atoms with E-state index >= 15 is 0 Å². The second kappa shape index (κ2) is 16.2. The van der Waals surface area contributed by atoms with Crippen molar-refractivity contribution in [3.05, 3.63) is 24.3 Å². The lowest BCUT2D eigenvalue weighted by molar-refractivity contribution is -0.254. The van der Waals surface area contributed by atoms with Crippen LogP contribution in [-0.4, -0.2) is 22.4 Å². The maximum Gasteiger partial charge on any atom is 0.303 e. The number of rotatable bonds is 15. The van der Waals surface area contributed by atoms with Crippen LogP contribution in [0.3, 0.4) is 0 Å². The topological polar surface area (TPSA) is 66.8 Å². The molecule has 0 amide bonds. The van der Waals surface area contributed by atoms with Crippen LogP contribution in [0.5, 0.6) is 0 Å². The van der Waals surface area contributed by atoms with Gasteiger partial charge in [0.2, 0.25) is 0 Å². The molecule has 2 N–H and O–H groups in total. The van der Waals surface area contributed by atoms with E-state index in [2.05, 4.69) is 17.9 Å². The van der Waals surface area contributed by atoms with Gasteiger partial charge in [0.25, 0.3) is 0 Å². The number of allylic oxidation sites excluding steroid dienone is 2. The molecule has 0 radical (unpaired) electrons. The Hall–Kier alpha value is -1.13. The minimum absolute atomic E-state index is 0.278. The Balaban J connectivity index is 3.56. The summed E-state index contributed by atoms with van der Waals surface area (Å²) in [6.07, 6.45) is 18.4. The van der Waals surface area contributed by atoms with Gasteiger partial charge >= 0.3 is 5.97 Å². The molecular formula is C18H32O4. The second-order valence-corrected chi connectivity index (χ2v) is 5.62. The third kappa shape index (κ3) is 15.3. The first-order valence-electron chi connectivity index (χ1n) is 8.56. The van der Waals surface area contributed by atoms with Gasteiger partial charge in [-0.15, -0.1) is 0 Å². The number of carboxylic acids is 1. The van der Waals surface area contributed by atoms with Gasteiger partial charge in [-0.2, -0.15) is 0 Å². The van der Waals surface area contributed by atoms with Gasteiger partial charge < -0.3 is 5.11 Å². The van der Waals surface area contributed by atoms with Crippen molar-refractivity contribution in [1.82, 2.24) is 0 Å². The lowest BCUT2D eigenvalue weighted by Crippen LogP contribution is -2.02. The Kier molecular flexibility index (Phi) is 15.4. The molecule has 0 heterocycles. The van der Waals surface area contributed by atoms with Gasteiger partial charge in [0.05, 0.1) is 0 Å². The predicted molar refractivity (Wildman–Crippen MR) is 89.9 cm³/mol. The summed E-state index contributed by atoms with van der Waals surface area (Å²) in [6.45, 7) is 2.18. The molecule has 0 saturated heterocycles. The molecule has 0 saturated carbocycles. The van der Waals surface area contributed by atoms with Crippen molar-refractivity contribution in [2.45, 2.75) is 83.7 Å². The Morgan fingerprint density at radius 1 is 0.955 bits per heavy atom. The smallest absolute Gasteiger partial charge is 0.303 e. The minimum atomic E-state index is -0.708. The number of hydrogen-bond donors (Lipinski definition) is 2. The molecule has 0 aliphatic rings. The first kappa shape index (κ1) is 20.9. The molecule has 1 unspecified atom stereocenters.